The summed E-state index contributed by atoms with van der Waals surface area (Å²) in [4.78, 5) is 12.0. The van der Waals surface area contributed by atoms with E-state index in [1.54, 1.807) is 0 Å². The van der Waals surface area contributed by atoms with Gasteiger partial charge < -0.3 is 10.6 Å². The SMILES string of the molecule is O=C(NCC1CCNC1)c1cnns1. The minimum Gasteiger partial charge on any atom is -0.351 e. The number of amides is 1. The van der Waals surface area contributed by atoms with E-state index >= 15 is 0 Å². The molecule has 1 aliphatic heterocycles. The summed E-state index contributed by atoms with van der Waals surface area (Å²) in [7, 11) is 0. The van der Waals surface area contributed by atoms with Gasteiger partial charge in [-0.1, -0.05) is 4.49 Å². The molecule has 14 heavy (non-hydrogen) atoms. The molecule has 0 saturated carbocycles. The zero-order valence-electron chi connectivity index (χ0n) is 7.69. The van der Waals surface area contributed by atoms with Crippen molar-refractivity contribution >= 4 is 17.4 Å². The summed E-state index contributed by atoms with van der Waals surface area (Å²) >= 11 is 1.12. The average molecular weight is 212 g/mol. The number of aromatic nitrogens is 2. The zero-order valence-corrected chi connectivity index (χ0v) is 8.51. The molecule has 1 fully saturated rings. The summed E-state index contributed by atoms with van der Waals surface area (Å²) in [6.45, 7) is 2.80. The van der Waals surface area contributed by atoms with E-state index in [0.29, 0.717) is 10.8 Å². The van der Waals surface area contributed by atoms with Gasteiger partial charge in [0.05, 0.1) is 6.20 Å². The molecule has 1 aromatic rings. The second kappa shape index (κ2) is 4.47. The number of nitrogens with one attached hydrogen (secondary N) is 2. The monoisotopic (exact) mass is 212 g/mol. The van der Waals surface area contributed by atoms with E-state index in [1.807, 2.05) is 0 Å². The van der Waals surface area contributed by atoms with Gasteiger partial charge in [0.25, 0.3) is 5.91 Å². The Morgan fingerprint density at radius 3 is 3.36 bits per heavy atom. The molecule has 2 heterocycles. The molecule has 2 N–H and O–H groups in total. The molecule has 1 aromatic heterocycles. The van der Waals surface area contributed by atoms with Crippen molar-refractivity contribution in [3.63, 3.8) is 0 Å². The zero-order chi connectivity index (χ0) is 9.80. The average Bonchev–Trinajstić information content (AvgIpc) is 2.87. The third kappa shape index (κ3) is 2.27. The molecule has 1 amide bonds. The topological polar surface area (TPSA) is 66.9 Å². The van der Waals surface area contributed by atoms with E-state index < -0.39 is 0 Å². The first-order valence-electron chi connectivity index (χ1n) is 4.62. The number of hydrogen-bond acceptors (Lipinski definition) is 5. The fraction of sp³-hybridized carbons (Fsp3) is 0.625. The molecule has 1 aliphatic rings. The minimum atomic E-state index is -0.0631. The summed E-state index contributed by atoms with van der Waals surface area (Å²) in [6, 6.07) is 0. The number of carbonyl (C=O) groups excluding carboxylic acids is 1. The molecule has 6 heteroatoms. The molecule has 0 aromatic carbocycles. The summed E-state index contributed by atoms with van der Waals surface area (Å²) < 4.78 is 3.64. The Labute approximate surface area is 86.1 Å². The first kappa shape index (κ1) is 9.54. The fourth-order valence-electron chi connectivity index (χ4n) is 1.48. The molecule has 0 aliphatic carbocycles. The second-order valence-corrected chi connectivity index (χ2v) is 4.14. The molecular formula is C8H12N4OS. The van der Waals surface area contributed by atoms with Crippen LogP contribution in [0.3, 0.4) is 0 Å². The van der Waals surface area contributed by atoms with E-state index in [1.165, 1.54) is 6.20 Å². The molecule has 1 atom stereocenters. The highest BCUT2D eigenvalue weighted by molar-refractivity contribution is 7.07. The Morgan fingerprint density at radius 1 is 1.79 bits per heavy atom. The summed E-state index contributed by atoms with van der Waals surface area (Å²) in [5.74, 6) is 0.506. The van der Waals surface area contributed by atoms with E-state index in [0.717, 1.165) is 37.6 Å². The highest BCUT2D eigenvalue weighted by Crippen LogP contribution is 2.06. The normalized spacial score (nSPS) is 21.0. The molecule has 0 radical (unpaired) electrons. The maximum Gasteiger partial charge on any atom is 0.264 e. The number of rotatable bonds is 3. The van der Waals surface area contributed by atoms with Crippen molar-refractivity contribution in [3.05, 3.63) is 11.1 Å². The lowest BCUT2D eigenvalue weighted by Crippen LogP contribution is -2.29. The van der Waals surface area contributed by atoms with Gasteiger partial charge in [-0.3, -0.25) is 4.79 Å². The van der Waals surface area contributed by atoms with Crippen molar-refractivity contribution in [1.82, 2.24) is 20.2 Å². The molecule has 0 spiro atoms. The van der Waals surface area contributed by atoms with Gasteiger partial charge in [0.2, 0.25) is 0 Å². The quantitative estimate of drug-likeness (QED) is 0.733. The third-order valence-corrected chi connectivity index (χ3v) is 2.96. The molecule has 1 saturated heterocycles. The number of carbonyl (C=O) groups is 1. The summed E-state index contributed by atoms with van der Waals surface area (Å²) in [5.41, 5.74) is 0. The maximum absolute atomic E-state index is 11.5. The van der Waals surface area contributed by atoms with Crippen LogP contribution in [0.15, 0.2) is 6.20 Å². The highest BCUT2D eigenvalue weighted by atomic mass is 32.1. The van der Waals surface area contributed by atoms with Gasteiger partial charge >= 0.3 is 0 Å². The molecule has 1 unspecified atom stereocenters. The smallest absolute Gasteiger partial charge is 0.264 e. The summed E-state index contributed by atoms with van der Waals surface area (Å²) in [5, 5.41) is 9.75. The fourth-order valence-corrected chi connectivity index (χ4v) is 1.91. The maximum atomic E-state index is 11.5. The largest absolute Gasteiger partial charge is 0.351 e. The second-order valence-electron chi connectivity index (χ2n) is 3.35. The van der Waals surface area contributed by atoms with Crippen LogP contribution in [-0.2, 0) is 0 Å². The van der Waals surface area contributed by atoms with Crippen LogP contribution in [0.25, 0.3) is 0 Å². The van der Waals surface area contributed by atoms with Crippen molar-refractivity contribution < 1.29 is 4.79 Å². The van der Waals surface area contributed by atoms with Crippen molar-refractivity contribution in [2.75, 3.05) is 19.6 Å². The molecule has 76 valence electrons. The Bertz CT molecular complexity index is 294. The Kier molecular flexibility index (Phi) is 3.05. The third-order valence-electron chi connectivity index (χ3n) is 2.30. The van der Waals surface area contributed by atoms with Crippen LogP contribution in [0.1, 0.15) is 16.1 Å². The van der Waals surface area contributed by atoms with Crippen LogP contribution >= 0.6 is 11.5 Å². The Balaban J connectivity index is 1.78. The van der Waals surface area contributed by atoms with E-state index in [9.17, 15) is 4.79 Å². The standard InChI is InChI=1S/C8H12N4OS/c13-8(7-5-11-12-14-7)10-4-6-1-2-9-3-6/h5-6,9H,1-4H2,(H,10,13). The van der Waals surface area contributed by atoms with Crippen molar-refractivity contribution in [2.24, 2.45) is 5.92 Å². The van der Waals surface area contributed by atoms with Crippen LogP contribution in [0.4, 0.5) is 0 Å². The molecule has 0 bridgehead atoms. The minimum absolute atomic E-state index is 0.0631. The van der Waals surface area contributed by atoms with Gasteiger partial charge in [0.1, 0.15) is 4.88 Å². The van der Waals surface area contributed by atoms with Gasteiger partial charge in [0.15, 0.2) is 0 Å². The van der Waals surface area contributed by atoms with Crippen molar-refractivity contribution in [3.8, 4) is 0 Å². The lowest BCUT2D eigenvalue weighted by Gasteiger charge is -2.08. The van der Waals surface area contributed by atoms with Gasteiger partial charge in [-0.2, -0.15) is 0 Å². The first-order chi connectivity index (χ1) is 6.86. The van der Waals surface area contributed by atoms with Gasteiger partial charge in [-0.15, -0.1) is 5.10 Å². The molecular weight excluding hydrogens is 200 g/mol. The Morgan fingerprint density at radius 2 is 2.71 bits per heavy atom. The van der Waals surface area contributed by atoms with Gasteiger partial charge in [-0.05, 0) is 37.0 Å². The van der Waals surface area contributed by atoms with Gasteiger partial charge in [0, 0.05) is 6.54 Å². The van der Waals surface area contributed by atoms with E-state index in [4.69, 9.17) is 0 Å². The summed E-state index contributed by atoms with van der Waals surface area (Å²) in [6.07, 6.45) is 2.63. The molecule has 2 rings (SSSR count). The number of hydrogen-bond donors (Lipinski definition) is 2. The van der Waals surface area contributed by atoms with Crippen LogP contribution in [0.5, 0.6) is 0 Å². The first-order valence-corrected chi connectivity index (χ1v) is 5.40. The van der Waals surface area contributed by atoms with Crippen LogP contribution in [-0.4, -0.2) is 35.1 Å². The lowest BCUT2D eigenvalue weighted by atomic mass is 10.1. The van der Waals surface area contributed by atoms with E-state index in [-0.39, 0.29) is 5.91 Å². The van der Waals surface area contributed by atoms with Crippen LogP contribution in [0.2, 0.25) is 0 Å². The molecule has 5 nitrogen and oxygen atoms in total. The highest BCUT2D eigenvalue weighted by Gasteiger charge is 2.16. The van der Waals surface area contributed by atoms with Crippen LogP contribution in [0, 0.1) is 5.92 Å². The predicted octanol–water partition coefficient (Wildman–Crippen LogP) is -0.123. The van der Waals surface area contributed by atoms with E-state index in [2.05, 4.69) is 20.2 Å². The van der Waals surface area contributed by atoms with Crippen molar-refractivity contribution in [1.29, 1.82) is 0 Å². The lowest BCUT2D eigenvalue weighted by molar-refractivity contribution is 0.0952. The predicted molar refractivity (Wildman–Crippen MR) is 53.2 cm³/mol. The Hall–Kier alpha value is -1.01. The van der Waals surface area contributed by atoms with Crippen LogP contribution < -0.4 is 10.6 Å². The van der Waals surface area contributed by atoms with Crippen molar-refractivity contribution in [2.45, 2.75) is 6.42 Å². The number of nitrogens with zero attached hydrogens (tertiary/aromatic N) is 2. The van der Waals surface area contributed by atoms with Gasteiger partial charge in [-0.25, -0.2) is 0 Å².